The zero-order chi connectivity index (χ0) is 15.5. The molecule has 2 aromatic carbocycles. The van der Waals surface area contributed by atoms with Crippen LogP contribution in [0.3, 0.4) is 0 Å². The van der Waals surface area contributed by atoms with Gasteiger partial charge in [0.25, 0.3) is 0 Å². The fourth-order valence-electron chi connectivity index (χ4n) is 2.32. The van der Waals surface area contributed by atoms with Crippen LogP contribution >= 0.6 is 31.9 Å². The van der Waals surface area contributed by atoms with E-state index in [1.165, 1.54) is 0 Å². The second-order valence-electron chi connectivity index (χ2n) is 5.10. The Balaban J connectivity index is 1.68. The second kappa shape index (κ2) is 6.67. The van der Waals surface area contributed by atoms with Gasteiger partial charge in [-0.3, -0.25) is 4.79 Å². The van der Waals surface area contributed by atoms with Crippen LogP contribution in [0.2, 0.25) is 0 Å². The number of carbonyl (C=O) groups excluding carboxylic acids is 1. The molecule has 0 saturated carbocycles. The Morgan fingerprint density at radius 2 is 1.41 bits per heavy atom. The highest BCUT2D eigenvalue weighted by atomic mass is 79.9. The highest BCUT2D eigenvalue weighted by Gasteiger charge is 2.24. The number of carbonyl (C=O) groups is 1. The highest BCUT2D eigenvalue weighted by molar-refractivity contribution is 9.10. The molecule has 0 aromatic heterocycles. The summed E-state index contributed by atoms with van der Waals surface area (Å²) in [4.78, 5) is 12.1. The van der Waals surface area contributed by atoms with Gasteiger partial charge in [0.15, 0.2) is 5.78 Å². The van der Waals surface area contributed by atoms with E-state index in [0.717, 1.165) is 20.3 Å². The number of halogens is 2. The molecule has 1 atom stereocenters. The normalized spacial score (nSPS) is 17.3. The van der Waals surface area contributed by atoms with Gasteiger partial charge in [0.2, 0.25) is 0 Å². The van der Waals surface area contributed by atoms with Crippen LogP contribution in [0.1, 0.15) is 6.42 Å². The van der Waals surface area contributed by atoms with Crippen LogP contribution in [-0.4, -0.2) is 11.8 Å². The van der Waals surface area contributed by atoms with Crippen molar-refractivity contribution in [3.8, 4) is 0 Å². The molecule has 3 rings (SSSR count). The third-order valence-corrected chi connectivity index (χ3v) is 4.45. The number of hydrogen-bond acceptors (Lipinski definition) is 3. The lowest BCUT2D eigenvalue weighted by atomic mass is 10.2. The number of rotatable bonds is 4. The molecule has 2 N–H and O–H groups in total. The smallest absolute Gasteiger partial charge is 0.181 e. The first kappa shape index (κ1) is 15.3. The van der Waals surface area contributed by atoms with Crippen LogP contribution in [0.15, 0.2) is 69.2 Å². The van der Waals surface area contributed by atoms with Gasteiger partial charge in [0.05, 0.1) is 11.7 Å². The average molecular weight is 422 g/mol. The number of benzene rings is 2. The summed E-state index contributed by atoms with van der Waals surface area (Å²) in [5, 5.41) is 6.54. The molecular formula is C17H14Br2N2O. The fraction of sp³-hybridized carbons (Fsp3) is 0.118. The molecular weight excluding hydrogens is 408 g/mol. The van der Waals surface area contributed by atoms with E-state index in [1.807, 2.05) is 54.6 Å². The van der Waals surface area contributed by atoms with Crippen molar-refractivity contribution in [1.82, 2.24) is 0 Å². The standard InChI is InChI=1S/C17H14Br2N2O/c18-11-1-5-13(6-2-11)20-15-9-16(17(22)10-15)21-14-7-3-12(19)4-8-14/h1-9,15,20-21H,10H2/t15-/m0/s1. The monoisotopic (exact) mass is 420 g/mol. The summed E-state index contributed by atoms with van der Waals surface area (Å²) in [6, 6.07) is 15.7. The maximum atomic E-state index is 12.1. The number of nitrogens with one attached hydrogen (secondary N) is 2. The Bertz CT molecular complexity index is 708. The van der Waals surface area contributed by atoms with Gasteiger partial charge in [-0.1, -0.05) is 31.9 Å². The second-order valence-corrected chi connectivity index (χ2v) is 6.93. The topological polar surface area (TPSA) is 41.1 Å². The van der Waals surface area contributed by atoms with Gasteiger partial charge in [-0.15, -0.1) is 0 Å². The lowest BCUT2D eigenvalue weighted by Crippen LogP contribution is -2.15. The van der Waals surface area contributed by atoms with Crippen molar-refractivity contribution < 1.29 is 4.79 Å². The fourth-order valence-corrected chi connectivity index (χ4v) is 2.84. The van der Waals surface area contributed by atoms with Gasteiger partial charge in [-0.05, 0) is 54.6 Å². The summed E-state index contributed by atoms with van der Waals surface area (Å²) in [6.45, 7) is 0. The molecule has 0 saturated heterocycles. The zero-order valence-electron chi connectivity index (χ0n) is 11.6. The van der Waals surface area contributed by atoms with E-state index >= 15 is 0 Å². The van der Waals surface area contributed by atoms with E-state index < -0.39 is 0 Å². The number of anilines is 2. The Hall–Kier alpha value is -1.59. The van der Waals surface area contributed by atoms with E-state index in [0.29, 0.717) is 12.1 Å². The van der Waals surface area contributed by atoms with Crippen molar-refractivity contribution in [1.29, 1.82) is 0 Å². The van der Waals surface area contributed by atoms with Gasteiger partial charge in [0, 0.05) is 26.7 Å². The predicted octanol–water partition coefficient (Wildman–Crippen LogP) is 4.96. The number of Topliss-reactive ketones (excluding diaryl/α,β-unsaturated/α-hetero) is 1. The zero-order valence-corrected chi connectivity index (χ0v) is 14.8. The van der Waals surface area contributed by atoms with Gasteiger partial charge in [-0.25, -0.2) is 0 Å². The van der Waals surface area contributed by atoms with E-state index in [-0.39, 0.29) is 11.8 Å². The number of hydrogen-bond donors (Lipinski definition) is 2. The quantitative estimate of drug-likeness (QED) is 0.732. The van der Waals surface area contributed by atoms with Crippen molar-refractivity contribution in [2.75, 3.05) is 10.6 Å². The predicted molar refractivity (Wildman–Crippen MR) is 97.0 cm³/mol. The van der Waals surface area contributed by atoms with Crippen LogP contribution < -0.4 is 10.6 Å². The SMILES string of the molecule is O=C1C[C@@H](Nc2ccc(Br)cc2)C=C1Nc1ccc(Br)cc1. The van der Waals surface area contributed by atoms with Crippen LogP contribution in [-0.2, 0) is 4.79 Å². The van der Waals surface area contributed by atoms with Gasteiger partial charge in [0.1, 0.15) is 0 Å². The summed E-state index contributed by atoms with van der Waals surface area (Å²) in [7, 11) is 0. The summed E-state index contributed by atoms with van der Waals surface area (Å²) in [5.41, 5.74) is 2.56. The first-order chi connectivity index (χ1) is 10.6. The molecule has 0 heterocycles. The highest BCUT2D eigenvalue weighted by Crippen LogP contribution is 2.23. The Kier molecular flexibility index (Phi) is 4.64. The Morgan fingerprint density at radius 3 is 2.00 bits per heavy atom. The largest absolute Gasteiger partial charge is 0.378 e. The minimum atomic E-state index is 0.0200. The summed E-state index contributed by atoms with van der Waals surface area (Å²) < 4.78 is 2.05. The molecule has 0 amide bonds. The van der Waals surface area contributed by atoms with Crippen LogP contribution in [0.25, 0.3) is 0 Å². The molecule has 112 valence electrons. The van der Waals surface area contributed by atoms with Crippen LogP contribution in [0.4, 0.5) is 11.4 Å². The first-order valence-electron chi connectivity index (χ1n) is 6.90. The first-order valence-corrected chi connectivity index (χ1v) is 8.48. The molecule has 22 heavy (non-hydrogen) atoms. The van der Waals surface area contributed by atoms with E-state index in [9.17, 15) is 4.79 Å². The molecule has 1 aliphatic rings. The Labute approximate surface area is 146 Å². The molecule has 0 aliphatic heterocycles. The summed E-state index contributed by atoms with van der Waals surface area (Å²) in [5.74, 6) is 0.123. The lowest BCUT2D eigenvalue weighted by Gasteiger charge is -2.10. The van der Waals surface area contributed by atoms with Crippen molar-refractivity contribution in [3.05, 3.63) is 69.2 Å². The molecule has 0 radical (unpaired) electrons. The number of allylic oxidation sites excluding steroid dienone is 1. The van der Waals surface area contributed by atoms with E-state index in [4.69, 9.17) is 0 Å². The van der Waals surface area contributed by atoms with E-state index in [1.54, 1.807) is 0 Å². The molecule has 5 heteroatoms. The van der Waals surface area contributed by atoms with E-state index in [2.05, 4.69) is 42.5 Å². The molecule has 2 aromatic rings. The number of ketones is 1. The molecule has 1 aliphatic carbocycles. The van der Waals surface area contributed by atoms with Crippen LogP contribution in [0.5, 0.6) is 0 Å². The van der Waals surface area contributed by atoms with Crippen molar-refractivity contribution in [3.63, 3.8) is 0 Å². The van der Waals surface area contributed by atoms with Gasteiger partial charge < -0.3 is 10.6 Å². The lowest BCUT2D eigenvalue weighted by molar-refractivity contribution is -0.114. The molecule has 3 nitrogen and oxygen atoms in total. The minimum absolute atomic E-state index is 0.0200. The Morgan fingerprint density at radius 1 is 0.864 bits per heavy atom. The van der Waals surface area contributed by atoms with Crippen molar-refractivity contribution >= 4 is 49.0 Å². The average Bonchev–Trinajstić information content (AvgIpc) is 2.84. The summed E-state index contributed by atoms with van der Waals surface area (Å²) >= 11 is 6.81. The summed E-state index contributed by atoms with van der Waals surface area (Å²) in [6.07, 6.45) is 2.42. The maximum Gasteiger partial charge on any atom is 0.181 e. The minimum Gasteiger partial charge on any atom is -0.378 e. The molecule has 0 fully saturated rings. The van der Waals surface area contributed by atoms with Crippen molar-refractivity contribution in [2.24, 2.45) is 0 Å². The van der Waals surface area contributed by atoms with Crippen LogP contribution in [0, 0.1) is 0 Å². The third kappa shape index (κ3) is 3.78. The third-order valence-electron chi connectivity index (χ3n) is 3.39. The van der Waals surface area contributed by atoms with Gasteiger partial charge in [-0.2, -0.15) is 0 Å². The molecule has 0 unspecified atom stereocenters. The maximum absolute atomic E-state index is 12.1. The molecule has 0 bridgehead atoms. The van der Waals surface area contributed by atoms with Crippen molar-refractivity contribution in [2.45, 2.75) is 12.5 Å². The van der Waals surface area contributed by atoms with Gasteiger partial charge >= 0.3 is 0 Å². The molecule has 0 spiro atoms.